The average Bonchev–Trinajstić information content (AvgIpc) is 1.52. The number of para-hydroxylation sites is 1. The number of hydrogen-bond donors (Lipinski definition) is 0. The molecule has 5 nitrogen and oxygen atoms in total. The molecule has 0 bridgehead atoms. The number of aromatic nitrogens is 1. The van der Waals surface area contributed by atoms with E-state index in [0.29, 0.717) is 27.7 Å². The number of hydrogen-bond acceptors (Lipinski definition) is 4. The second-order valence-electron chi connectivity index (χ2n) is 31.7. The van der Waals surface area contributed by atoms with Crippen molar-refractivity contribution in [3.8, 4) is 5.69 Å². The lowest BCUT2D eigenvalue weighted by atomic mass is 9.85. The smallest absolute Gasteiger partial charge is 0.147 e. The monoisotopic (exact) mass is 1240 g/mol. The first-order valence-electron chi connectivity index (χ1n) is 32.6. The van der Waals surface area contributed by atoms with Gasteiger partial charge >= 0.3 is 0 Å². The van der Waals surface area contributed by atoms with Crippen molar-refractivity contribution in [2.75, 3.05) is 14.7 Å². The molecule has 470 valence electrons. The van der Waals surface area contributed by atoms with Crippen LogP contribution in [0.5, 0.6) is 0 Å². The molecule has 0 unspecified atom stereocenters. The molecule has 12 rings (SSSR count). The summed E-state index contributed by atoms with van der Waals surface area (Å²) in [6.07, 6.45) is 0. The summed E-state index contributed by atoms with van der Waals surface area (Å²) in [6.45, 7) is 42.5. The van der Waals surface area contributed by atoms with Gasteiger partial charge in [-0.15, -0.1) is 0 Å². The van der Waals surface area contributed by atoms with Crippen molar-refractivity contribution in [2.24, 2.45) is 0 Å². The van der Waals surface area contributed by atoms with Crippen LogP contribution in [0.2, 0.25) is 5.02 Å². The van der Waals surface area contributed by atoms with Crippen molar-refractivity contribution in [3.63, 3.8) is 0 Å². The van der Waals surface area contributed by atoms with Gasteiger partial charge in [0.25, 0.3) is 0 Å². The largest absolute Gasteiger partial charge is 0.456 e. The van der Waals surface area contributed by atoms with Crippen LogP contribution in [-0.4, -0.2) is 4.57 Å². The van der Waals surface area contributed by atoms with Gasteiger partial charge in [-0.3, -0.25) is 0 Å². The quantitative estimate of drug-likeness (QED) is 0.136. The van der Waals surface area contributed by atoms with E-state index in [9.17, 15) is 0 Å². The van der Waals surface area contributed by atoms with Crippen LogP contribution in [0.1, 0.15) is 164 Å². The Hall–Kier alpha value is -8.58. The molecule has 7 heteroatoms. The molecule has 0 aliphatic heterocycles. The molecule has 0 amide bonds. The fourth-order valence-corrected chi connectivity index (χ4v) is 13.1. The lowest BCUT2D eigenvalue weighted by molar-refractivity contribution is 0.589. The third kappa shape index (κ3) is 12.0. The number of anilines is 9. The van der Waals surface area contributed by atoms with E-state index in [0.717, 1.165) is 89.1 Å². The van der Waals surface area contributed by atoms with Crippen LogP contribution in [-0.2, 0) is 32.5 Å². The Balaban J connectivity index is 1.15. The third-order valence-electron chi connectivity index (χ3n) is 18.5. The zero-order valence-electron chi connectivity index (χ0n) is 57.5. The molecular weight excluding hydrogens is 1150 g/mol. The fraction of sp³-hybridized carbons (Fsp3) is 0.294. The number of halogens is 2. The lowest BCUT2D eigenvalue weighted by Gasteiger charge is -2.34. The molecule has 0 aliphatic carbocycles. The van der Waals surface area contributed by atoms with Crippen molar-refractivity contribution < 1.29 is 8.81 Å². The van der Waals surface area contributed by atoms with Crippen LogP contribution in [0.3, 0.4) is 0 Å². The van der Waals surface area contributed by atoms with Crippen LogP contribution in [0.15, 0.2) is 205 Å². The van der Waals surface area contributed by atoms with Crippen molar-refractivity contribution in [2.45, 2.75) is 164 Å². The minimum absolute atomic E-state index is 0.0243. The van der Waals surface area contributed by atoms with Crippen molar-refractivity contribution >= 4 is 107 Å². The van der Waals surface area contributed by atoms with Gasteiger partial charge in [-0.05, 0) is 194 Å². The number of benzene rings is 10. The van der Waals surface area contributed by atoms with Crippen molar-refractivity contribution in [1.82, 2.24) is 4.57 Å². The summed E-state index contributed by atoms with van der Waals surface area (Å²) in [5.41, 5.74) is 18.9. The summed E-state index contributed by atoms with van der Waals surface area (Å²) in [5, 5.41) is 4.70. The van der Waals surface area contributed by atoms with Crippen LogP contribution in [0, 0.1) is 12.7 Å². The molecule has 2 heterocycles. The van der Waals surface area contributed by atoms with E-state index in [1.54, 1.807) is 6.07 Å². The van der Waals surface area contributed by atoms with Gasteiger partial charge in [-0.25, -0.2) is 4.39 Å². The molecule has 0 N–H and O–H groups in total. The second-order valence-corrected chi connectivity index (χ2v) is 32.1. The first-order valence-corrected chi connectivity index (χ1v) is 33.0. The summed E-state index contributed by atoms with van der Waals surface area (Å²) in [4.78, 5) is 6.66. The van der Waals surface area contributed by atoms with Crippen molar-refractivity contribution in [1.29, 1.82) is 0 Å². The topological polar surface area (TPSA) is 27.8 Å². The molecular formula is C85H90ClFN4O. The van der Waals surface area contributed by atoms with Gasteiger partial charge in [0.1, 0.15) is 17.0 Å². The standard InChI is InChI=1S/C85H90ClFN4O/c1-53-27-42-72(69(87)45-53)90(65-51-73(78-66-25-20-21-26-76(66)92-77(78)52-65)91-70-43-34-57(83(11,12)13)46-67(70)68-47-58(84(14,15)16)35-44-71(68)91)75-49-59(85(17,18)19)48-74(79(75)86)89(62-40-32-56(33-41-62)82(8,9)10)64-24-22-23-63(50-64)88(60-36-28-54(29-37-60)80(2,3)4)61-38-30-55(31-39-61)81(5,6)7/h20-52H,1-19H3. The maximum absolute atomic E-state index is 17.8. The second kappa shape index (κ2) is 22.9. The Labute approximate surface area is 551 Å². The van der Waals surface area contributed by atoms with E-state index in [4.69, 9.17) is 16.0 Å². The average molecular weight is 1240 g/mol. The highest BCUT2D eigenvalue weighted by molar-refractivity contribution is 6.37. The van der Waals surface area contributed by atoms with Gasteiger partial charge in [0, 0.05) is 50.7 Å². The van der Waals surface area contributed by atoms with Gasteiger partial charge in [0.2, 0.25) is 0 Å². The normalized spacial score (nSPS) is 12.8. The highest BCUT2D eigenvalue weighted by Gasteiger charge is 2.32. The van der Waals surface area contributed by atoms with Crippen LogP contribution < -0.4 is 14.7 Å². The third-order valence-corrected chi connectivity index (χ3v) is 18.9. The van der Waals surface area contributed by atoms with Crippen molar-refractivity contribution in [3.05, 3.63) is 250 Å². The first kappa shape index (κ1) is 63.6. The Morgan fingerprint density at radius 1 is 0.337 bits per heavy atom. The number of nitrogens with zero attached hydrogens (tertiary/aromatic N) is 4. The predicted octanol–water partition coefficient (Wildman–Crippen LogP) is 26.0. The van der Waals surface area contributed by atoms with E-state index in [1.165, 1.54) is 27.8 Å². The molecule has 0 aliphatic rings. The summed E-state index contributed by atoms with van der Waals surface area (Å²) in [6, 6.07) is 71.9. The number of fused-ring (bicyclic) bond motifs is 6. The maximum Gasteiger partial charge on any atom is 0.147 e. The summed E-state index contributed by atoms with van der Waals surface area (Å²) < 4.78 is 27.3. The molecule has 0 fully saturated rings. The molecule has 0 saturated heterocycles. The Kier molecular flexibility index (Phi) is 15.8. The van der Waals surface area contributed by atoms with Gasteiger partial charge in [-0.1, -0.05) is 215 Å². The molecule has 0 spiro atoms. The molecule has 2 aromatic heterocycles. The minimum atomic E-state index is -0.418. The molecule has 10 aromatic carbocycles. The SMILES string of the molecule is Cc1ccc(N(c2cc(-n3c4ccc(C(C)(C)C)cc4c4cc(C(C)(C)C)ccc43)c3c(c2)oc2ccccc23)c2cc(C(C)(C)C)cc(N(c3ccc(C(C)(C)C)cc3)c3cccc(N(c4ccc(C(C)(C)C)cc4)c4ccc(C(C)(C)C)cc4)c3)c2Cl)c(F)c1. The van der Waals surface area contributed by atoms with Gasteiger partial charge in [0.05, 0.1) is 49.9 Å². The molecule has 12 aromatic rings. The lowest BCUT2D eigenvalue weighted by Crippen LogP contribution is -2.20. The molecule has 92 heavy (non-hydrogen) atoms. The van der Waals surface area contributed by atoms with E-state index in [2.05, 4.69) is 309 Å². The van der Waals surface area contributed by atoms with E-state index in [-0.39, 0.29) is 32.9 Å². The zero-order valence-corrected chi connectivity index (χ0v) is 58.3. The van der Waals surface area contributed by atoms with Crippen LogP contribution >= 0.6 is 11.6 Å². The molecule has 0 radical (unpaired) electrons. The van der Waals surface area contributed by atoms with E-state index < -0.39 is 5.41 Å². The van der Waals surface area contributed by atoms with E-state index in [1.807, 2.05) is 36.1 Å². The Morgan fingerprint density at radius 3 is 1.24 bits per heavy atom. The fourth-order valence-electron chi connectivity index (χ4n) is 12.9. The van der Waals surface area contributed by atoms with Gasteiger partial charge in [0.15, 0.2) is 0 Å². The number of furan rings is 1. The van der Waals surface area contributed by atoms with E-state index >= 15 is 4.39 Å². The highest BCUT2D eigenvalue weighted by Crippen LogP contribution is 2.53. The number of aryl methyl sites for hydroxylation is 1. The Morgan fingerprint density at radius 2 is 0.772 bits per heavy atom. The molecule has 0 atom stereocenters. The highest BCUT2D eigenvalue weighted by atomic mass is 35.5. The zero-order chi connectivity index (χ0) is 65.9. The molecule has 0 saturated carbocycles. The summed E-state index contributed by atoms with van der Waals surface area (Å²) in [7, 11) is 0. The predicted molar refractivity (Wildman–Crippen MR) is 394 cm³/mol. The summed E-state index contributed by atoms with van der Waals surface area (Å²) in [5.74, 6) is -0.384. The first-order chi connectivity index (χ1) is 43.1. The minimum Gasteiger partial charge on any atom is -0.456 e. The van der Waals surface area contributed by atoms with Crippen LogP contribution in [0.25, 0.3) is 49.4 Å². The van der Waals surface area contributed by atoms with Gasteiger partial charge < -0.3 is 23.7 Å². The van der Waals surface area contributed by atoms with Gasteiger partial charge in [-0.2, -0.15) is 0 Å². The van der Waals surface area contributed by atoms with Crippen LogP contribution in [0.4, 0.5) is 55.6 Å². The summed E-state index contributed by atoms with van der Waals surface area (Å²) >= 11 is 8.44. The number of rotatable bonds is 10. The maximum atomic E-state index is 17.8. The Bertz CT molecular complexity index is 4640.